The van der Waals surface area contributed by atoms with Crippen molar-refractivity contribution in [3.8, 4) is 10.6 Å². The second-order valence-corrected chi connectivity index (χ2v) is 7.99. The summed E-state index contributed by atoms with van der Waals surface area (Å²) < 4.78 is 0. The molecular weight excluding hydrogens is 448 g/mol. The molecule has 1 aliphatic rings. The maximum Gasteiger partial charge on any atom is 0.273 e. The molecule has 1 fully saturated rings. The molecule has 0 bridgehead atoms. The summed E-state index contributed by atoms with van der Waals surface area (Å²) in [5.74, 6) is 0.718. The smallest absolute Gasteiger partial charge is 0.273 e. The van der Waals surface area contributed by atoms with Crippen molar-refractivity contribution in [3.05, 3.63) is 39.3 Å². The first kappa shape index (κ1) is 24.5. The molecule has 1 aromatic heterocycles. The van der Waals surface area contributed by atoms with Crippen molar-refractivity contribution in [2.24, 2.45) is 5.92 Å². The molecule has 0 radical (unpaired) electrons. The average molecular weight is 471 g/mol. The highest BCUT2D eigenvalue weighted by atomic mass is 35.5. The fourth-order valence-electron chi connectivity index (χ4n) is 3.09. The lowest BCUT2D eigenvalue weighted by Gasteiger charge is -2.31. The fraction of sp³-hybridized carbons (Fsp3) is 0.444. The number of piperidine rings is 1. The third kappa shape index (κ3) is 6.21. The van der Waals surface area contributed by atoms with Crippen LogP contribution in [-0.2, 0) is 0 Å². The number of amides is 1. The molecule has 0 unspecified atom stereocenters. The maximum absolute atomic E-state index is 12.7. The molecule has 150 valence electrons. The predicted molar refractivity (Wildman–Crippen MR) is 119 cm³/mol. The van der Waals surface area contributed by atoms with Gasteiger partial charge in [0.2, 0.25) is 0 Å². The Morgan fingerprint density at radius 3 is 2.63 bits per heavy atom. The van der Waals surface area contributed by atoms with Crippen molar-refractivity contribution in [3.63, 3.8) is 0 Å². The van der Waals surface area contributed by atoms with Crippen LogP contribution < -0.4 is 5.32 Å². The highest BCUT2D eigenvalue weighted by molar-refractivity contribution is 7.13. The van der Waals surface area contributed by atoms with Crippen LogP contribution in [0.5, 0.6) is 0 Å². The summed E-state index contributed by atoms with van der Waals surface area (Å²) in [5, 5.41) is 6.89. The van der Waals surface area contributed by atoms with E-state index in [0.29, 0.717) is 21.7 Å². The van der Waals surface area contributed by atoms with E-state index < -0.39 is 0 Å². The van der Waals surface area contributed by atoms with Gasteiger partial charge in [0.25, 0.3) is 5.91 Å². The van der Waals surface area contributed by atoms with E-state index in [4.69, 9.17) is 23.2 Å². The van der Waals surface area contributed by atoms with E-state index in [1.807, 2.05) is 23.4 Å². The van der Waals surface area contributed by atoms with Crippen molar-refractivity contribution in [1.29, 1.82) is 0 Å². The minimum Gasteiger partial charge on any atom is -0.337 e. The van der Waals surface area contributed by atoms with Gasteiger partial charge in [-0.1, -0.05) is 23.2 Å². The van der Waals surface area contributed by atoms with Gasteiger partial charge in [-0.2, -0.15) is 0 Å². The summed E-state index contributed by atoms with van der Waals surface area (Å²) in [7, 11) is 1.98. The number of benzene rings is 1. The van der Waals surface area contributed by atoms with E-state index >= 15 is 0 Å². The molecule has 0 atom stereocenters. The fourth-order valence-corrected chi connectivity index (χ4v) is 4.48. The molecule has 2 aromatic rings. The molecule has 1 saturated heterocycles. The number of likely N-dealkylation sites (tertiary alicyclic amines) is 1. The van der Waals surface area contributed by atoms with E-state index in [9.17, 15) is 4.79 Å². The molecule has 2 heterocycles. The van der Waals surface area contributed by atoms with E-state index in [1.54, 1.807) is 12.1 Å². The van der Waals surface area contributed by atoms with E-state index in [1.165, 1.54) is 17.8 Å². The van der Waals surface area contributed by atoms with Crippen molar-refractivity contribution < 1.29 is 4.79 Å². The Morgan fingerprint density at radius 2 is 2.00 bits per heavy atom. The second kappa shape index (κ2) is 11.4. The van der Waals surface area contributed by atoms with Gasteiger partial charge >= 0.3 is 0 Å². The molecule has 0 spiro atoms. The first-order valence-corrected chi connectivity index (χ1v) is 10.1. The quantitative estimate of drug-likeness (QED) is 0.634. The molecule has 27 heavy (non-hydrogen) atoms. The molecule has 0 saturated carbocycles. The number of aromatic nitrogens is 1. The van der Waals surface area contributed by atoms with Gasteiger partial charge in [0.1, 0.15) is 10.7 Å². The average Bonchev–Trinajstić information content (AvgIpc) is 3.09. The second-order valence-electron chi connectivity index (χ2n) is 6.29. The van der Waals surface area contributed by atoms with Gasteiger partial charge in [-0.05, 0) is 57.0 Å². The first-order valence-electron chi connectivity index (χ1n) is 8.43. The van der Waals surface area contributed by atoms with Crippen LogP contribution in [0.3, 0.4) is 0 Å². The van der Waals surface area contributed by atoms with Crippen LogP contribution in [0.4, 0.5) is 0 Å². The van der Waals surface area contributed by atoms with Crippen molar-refractivity contribution >= 4 is 65.3 Å². The third-order valence-corrected chi connectivity index (χ3v) is 6.01. The van der Waals surface area contributed by atoms with E-state index in [2.05, 4.69) is 10.3 Å². The Bertz CT molecular complexity index is 748. The first-order chi connectivity index (χ1) is 12.1. The standard InChI is InChI=1S/C18H21Cl2N3OS.2ClH/c1-21-7-4-12-5-8-23(9-6-12)18(24)16-11-25-17(22-16)14-3-2-13(19)10-15(14)20;;/h2-3,10-12,21H,4-9H2,1H3;2*1H. The lowest BCUT2D eigenvalue weighted by Crippen LogP contribution is -2.39. The molecular formula is C18H23Cl4N3OS. The minimum atomic E-state index is 0. The minimum absolute atomic E-state index is 0. The number of thiazole rings is 1. The maximum atomic E-state index is 12.7. The Kier molecular flexibility index (Phi) is 10.4. The molecule has 1 amide bonds. The molecule has 4 nitrogen and oxygen atoms in total. The van der Waals surface area contributed by atoms with Crippen molar-refractivity contribution in [1.82, 2.24) is 15.2 Å². The Morgan fingerprint density at radius 1 is 1.30 bits per heavy atom. The lowest BCUT2D eigenvalue weighted by molar-refractivity contribution is 0.0682. The van der Waals surface area contributed by atoms with E-state index in [0.717, 1.165) is 43.0 Å². The molecule has 1 aromatic carbocycles. The van der Waals surface area contributed by atoms with Crippen molar-refractivity contribution in [2.75, 3.05) is 26.7 Å². The Labute approximate surface area is 186 Å². The number of carbonyl (C=O) groups is 1. The molecule has 1 aliphatic heterocycles. The van der Waals surface area contributed by atoms with Gasteiger partial charge in [-0.25, -0.2) is 4.98 Å². The van der Waals surface area contributed by atoms with Crippen LogP contribution in [0.1, 0.15) is 29.8 Å². The van der Waals surface area contributed by atoms with Crippen LogP contribution in [0.15, 0.2) is 23.6 Å². The Hall–Kier alpha value is -0.560. The highest BCUT2D eigenvalue weighted by Crippen LogP contribution is 2.33. The largest absolute Gasteiger partial charge is 0.337 e. The number of nitrogens with one attached hydrogen (secondary N) is 1. The van der Waals surface area contributed by atoms with Gasteiger partial charge in [0.15, 0.2) is 0 Å². The van der Waals surface area contributed by atoms with Gasteiger partial charge in [0, 0.05) is 29.1 Å². The third-order valence-electron chi connectivity index (χ3n) is 4.59. The predicted octanol–water partition coefficient (Wildman–Crippen LogP) is 5.42. The molecule has 0 aliphatic carbocycles. The number of nitrogens with zero attached hydrogens (tertiary/aromatic N) is 2. The number of hydrogen-bond acceptors (Lipinski definition) is 4. The monoisotopic (exact) mass is 469 g/mol. The molecule has 9 heteroatoms. The normalized spacial score (nSPS) is 14.4. The summed E-state index contributed by atoms with van der Waals surface area (Å²) in [6.45, 7) is 2.65. The zero-order valence-corrected chi connectivity index (χ0v) is 18.9. The summed E-state index contributed by atoms with van der Waals surface area (Å²) in [4.78, 5) is 19.1. The topological polar surface area (TPSA) is 45.2 Å². The van der Waals surface area contributed by atoms with Crippen LogP contribution >= 0.6 is 59.4 Å². The van der Waals surface area contributed by atoms with Gasteiger partial charge < -0.3 is 10.2 Å². The van der Waals surface area contributed by atoms with Gasteiger partial charge in [0.05, 0.1) is 5.02 Å². The Balaban J connectivity index is 0.00000182. The van der Waals surface area contributed by atoms with Crippen LogP contribution in [-0.4, -0.2) is 42.5 Å². The SMILES string of the molecule is CNCCC1CCN(C(=O)c2csc(-c3ccc(Cl)cc3Cl)n2)CC1.Cl.Cl. The molecule has 1 N–H and O–H groups in total. The zero-order valence-electron chi connectivity index (χ0n) is 14.9. The van der Waals surface area contributed by atoms with E-state index in [-0.39, 0.29) is 30.7 Å². The number of halogens is 4. The summed E-state index contributed by atoms with van der Waals surface area (Å²) in [5.41, 5.74) is 1.31. The highest BCUT2D eigenvalue weighted by Gasteiger charge is 2.25. The lowest BCUT2D eigenvalue weighted by atomic mass is 9.93. The van der Waals surface area contributed by atoms with Crippen LogP contribution in [0, 0.1) is 5.92 Å². The van der Waals surface area contributed by atoms with Gasteiger partial charge in [-0.3, -0.25) is 4.79 Å². The van der Waals surface area contributed by atoms with Gasteiger partial charge in [-0.15, -0.1) is 36.2 Å². The summed E-state index contributed by atoms with van der Waals surface area (Å²) in [6.07, 6.45) is 3.30. The number of carbonyl (C=O) groups excluding carboxylic acids is 1. The van der Waals surface area contributed by atoms with Crippen LogP contribution in [0.25, 0.3) is 10.6 Å². The molecule has 3 rings (SSSR count). The van der Waals surface area contributed by atoms with Crippen molar-refractivity contribution in [2.45, 2.75) is 19.3 Å². The zero-order chi connectivity index (χ0) is 17.8. The summed E-state index contributed by atoms with van der Waals surface area (Å²) >= 11 is 13.6. The van der Waals surface area contributed by atoms with Crippen LogP contribution in [0.2, 0.25) is 10.0 Å². The number of rotatable bonds is 5. The number of hydrogen-bond donors (Lipinski definition) is 1. The summed E-state index contributed by atoms with van der Waals surface area (Å²) in [6, 6.07) is 5.31.